The van der Waals surface area contributed by atoms with Gasteiger partial charge in [-0.3, -0.25) is 4.79 Å². The molecule has 0 saturated carbocycles. The van der Waals surface area contributed by atoms with E-state index in [2.05, 4.69) is 34.3 Å². The molecule has 1 heterocycles. The molecule has 27 heavy (non-hydrogen) atoms. The van der Waals surface area contributed by atoms with Gasteiger partial charge in [-0.05, 0) is 55.7 Å². The molecule has 5 heteroatoms. The van der Waals surface area contributed by atoms with Gasteiger partial charge in [0.1, 0.15) is 5.69 Å². The fraction of sp³-hybridized carbons (Fsp3) is 0.227. The first-order chi connectivity index (χ1) is 13.1. The SMILES string of the molecule is CCN(C(=O)c1ccnc(NCc2ccccc2C)n1)c1cccc(C)c1. The maximum atomic E-state index is 13.0. The van der Waals surface area contributed by atoms with Crippen LogP contribution in [0.4, 0.5) is 11.6 Å². The third-order valence-corrected chi connectivity index (χ3v) is 4.45. The molecule has 0 saturated heterocycles. The second-order valence-electron chi connectivity index (χ2n) is 6.43. The number of carbonyl (C=O) groups is 1. The van der Waals surface area contributed by atoms with Gasteiger partial charge in [0.2, 0.25) is 5.95 Å². The summed E-state index contributed by atoms with van der Waals surface area (Å²) in [5.41, 5.74) is 4.74. The molecule has 1 N–H and O–H groups in total. The number of hydrogen-bond acceptors (Lipinski definition) is 4. The molecule has 0 atom stereocenters. The zero-order valence-corrected chi connectivity index (χ0v) is 15.9. The van der Waals surface area contributed by atoms with E-state index in [-0.39, 0.29) is 5.91 Å². The molecule has 0 aliphatic carbocycles. The minimum Gasteiger partial charge on any atom is -0.350 e. The Morgan fingerprint density at radius 1 is 1.07 bits per heavy atom. The number of anilines is 2. The summed E-state index contributed by atoms with van der Waals surface area (Å²) in [6.07, 6.45) is 1.62. The summed E-state index contributed by atoms with van der Waals surface area (Å²) in [5, 5.41) is 3.21. The minimum atomic E-state index is -0.135. The second-order valence-corrected chi connectivity index (χ2v) is 6.43. The van der Waals surface area contributed by atoms with Gasteiger partial charge in [-0.1, -0.05) is 36.4 Å². The number of hydrogen-bond donors (Lipinski definition) is 1. The molecule has 2 aromatic carbocycles. The lowest BCUT2D eigenvalue weighted by molar-refractivity contribution is 0.0983. The van der Waals surface area contributed by atoms with Gasteiger partial charge in [-0.15, -0.1) is 0 Å². The molecule has 3 aromatic rings. The Kier molecular flexibility index (Phi) is 5.81. The van der Waals surface area contributed by atoms with E-state index in [0.29, 0.717) is 24.7 Å². The predicted octanol–water partition coefficient (Wildman–Crippen LogP) is 4.37. The van der Waals surface area contributed by atoms with Crippen LogP contribution in [0.2, 0.25) is 0 Å². The van der Waals surface area contributed by atoms with E-state index in [9.17, 15) is 4.79 Å². The summed E-state index contributed by atoms with van der Waals surface area (Å²) in [6, 6.07) is 17.7. The van der Waals surface area contributed by atoms with Gasteiger partial charge in [-0.2, -0.15) is 0 Å². The molecule has 0 bridgehead atoms. The molecule has 1 aromatic heterocycles. The Hall–Kier alpha value is -3.21. The van der Waals surface area contributed by atoms with Crippen LogP contribution in [0.1, 0.15) is 34.1 Å². The first-order valence-corrected chi connectivity index (χ1v) is 9.08. The van der Waals surface area contributed by atoms with Gasteiger partial charge in [0.15, 0.2) is 0 Å². The van der Waals surface area contributed by atoms with Crippen molar-refractivity contribution in [3.8, 4) is 0 Å². The normalized spacial score (nSPS) is 10.5. The van der Waals surface area contributed by atoms with Crippen molar-refractivity contribution in [1.29, 1.82) is 0 Å². The third-order valence-electron chi connectivity index (χ3n) is 4.45. The number of aromatic nitrogens is 2. The number of rotatable bonds is 6. The fourth-order valence-corrected chi connectivity index (χ4v) is 2.92. The van der Waals surface area contributed by atoms with Crippen molar-refractivity contribution in [2.45, 2.75) is 27.3 Å². The van der Waals surface area contributed by atoms with Crippen molar-refractivity contribution in [2.24, 2.45) is 0 Å². The molecule has 0 aliphatic rings. The standard InChI is InChI=1S/C22H24N4O/c1-4-26(19-11-7-8-16(2)14-19)21(27)20-12-13-23-22(25-20)24-15-18-10-6-5-9-17(18)3/h5-14H,4,15H2,1-3H3,(H,23,24,25). The largest absolute Gasteiger partial charge is 0.350 e. The van der Waals surface area contributed by atoms with Crippen LogP contribution in [0.5, 0.6) is 0 Å². The van der Waals surface area contributed by atoms with E-state index in [1.54, 1.807) is 17.2 Å². The average molecular weight is 360 g/mol. The van der Waals surface area contributed by atoms with E-state index in [1.165, 1.54) is 11.1 Å². The maximum absolute atomic E-state index is 13.0. The maximum Gasteiger partial charge on any atom is 0.277 e. The van der Waals surface area contributed by atoms with Crippen LogP contribution in [-0.4, -0.2) is 22.4 Å². The quantitative estimate of drug-likeness (QED) is 0.709. The summed E-state index contributed by atoms with van der Waals surface area (Å²) < 4.78 is 0. The lowest BCUT2D eigenvalue weighted by Crippen LogP contribution is -2.31. The van der Waals surface area contributed by atoms with Gasteiger partial charge < -0.3 is 10.2 Å². The van der Waals surface area contributed by atoms with Crippen molar-refractivity contribution in [3.05, 3.63) is 83.2 Å². The second kappa shape index (κ2) is 8.45. The zero-order valence-electron chi connectivity index (χ0n) is 15.9. The Balaban J connectivity index is 1.77. The molecular formula is C22H24N4O. The molecule has 0 spiro atoms. The van der Waals surface area contributed by atoms with E-state index < -0.39 is 0 Å². The first-order valence-electron chi connectivity index (χ1n) is 9.08. The summed E-state index contributed by atoms with van der Waals surface area (Å²) in [6.45, 7) is 7.22. The van der Waals surface area contributed by atoms with Crippen LogP contribution in [0.15, 0.2) is 60.8 Å². The number of aryl methyl sites for hydroxylation is 2. The van der Waals surface area contributed by atoms with Crippen molar-refractivity contribution in [1.82, 2.24) is 9.97 Å². The number of nitrogens with one attached hydrogen (secondary N) is 1. The molecule has 0 unspecified atom stereocenters. The Morgan fingerprint density at radius 3 is 2.63 bits per heavy atom. The van der Waals surface area contributed by atoms with Crippen LogP contribution >= 0.6 is 0 Å². The highest BCUT2D eigenvalue weighted by molar-refractivity contribution is 6.04. The van der Waals surface area contributed by atoms with Crippen LogP contribution in [0.3, 0.4) is 0 Å². The smallest absolute Gasteiger partial charge is 0.277 e. The van der Waals surface area contributed by atoms with Gasteiger partial charge in [-0.25, -0.2) is 9.97 Å². The highest BCUT2D eigenvalue weighted by atomic mass is 16.2. The number of amides is 1. The van der Waals surface area contributed by atoms with Crippen molar-refractivity contribution >= 4 is 17.5 Å². The van der Waals surface area contributed by atoms with Crippen molar-refractivity contribution in [3.63, 3.8) is 0 Å². The predicted molar refractivity (Wildman–Crippen MR) is 109 cm³/mol. The van der Waals surface area contributed by atoms with Gasteiger partial charge in [0.25, 0.3) is 5.91 Å². The summed E-state index contributed by atoms with van der Waals surface area (Å²) in [4.78, 5) is 23.4. The molecule has 0 radical (unpaired) electrons. The van der Waals surface area contributed by atoms with Crippen LogP contribution in [0.25, 0.3) is 0 Å². The van der Waals surface area contributed by atoms with Crippen LogP contribution in [0, 0.1) is 13.8 Å². The van der Waals surface area contributed by atoms with Gasteiger partial charge >= 0.3 is 0 Å². The first kappa shape index (κ1) is 18.6. The highest BCUT2D eigenvalue weighted by Gasteiger charge is 2.18. The Morgan fingerprint density at radius 2 is 1.89 bits per heavy atom. The molecule has 138 valence electrons. The molecule has 1 amide bonds. The van der Waals surface area contributed by atoms with Crippen LogP contribution < -0.4 is 10.2 Å². The Bertz CT molecular complexity index is 939. The van der Waals surface area contributed by atoms with Gasteiger partial charge in [0, 0.05) is 25.0 Å². The lowest BCUT2D eigenvalue weighted by Gasteiger charge is -2.21. The molecule has 3 rings (SSSR count). The molecule has 0 fully saturated rings. The monoisotopic (exact) mass is 360 g/mol. The van der Waals surface area contributed by atoms with E-state index >= 15 is 0 Å². The van der Waals surface area contributed by atoms with Crippen LogP contribution in [-0.2, 0) is 6.54 Å². The number of benzene rings is 2. The molecule has 5 nitrogen and oxygen atoms in total. The third kappa shape index (κ3) is 4.50. The zero-order chi connectivity index (χ0) is 19.2. The summed E-state index contributed by atoms with van der Waals surface area (Å²) >= 11 is 0. The highest BCUT2D eigenvalue weighted by Crippen LogP contribution is 2.18. The Labute approximate surface area is 160 Å². The number of nitrogens with zero attached hydrogens (tertiary/aromatic N) is 3. The fourth-order valence-electron chi connectivity index (χ4n) is 2.92. The van der Waals surface area contributed by atoms with Crippen molar-refractivity contribution < 1.29 is 4.79 Å². The minimum absolute atomic E-state index is 0.135. The van der Waals surface area contributed by atoms with Gasteiger partial charge in [0.05, 0.1) is 0 Å². The molecule has 0 aliphatic heterocycles. The molecular weight excluding hydrogens is 336 g/mol. The topological polar surface area (TPSA) is 58.1 Å². The van der Waals surface area contributed by atoms with E-state index in [1.807, 2.05) is 50.2 Å². The average Bonchev–Trinajstić information content (AvgIpc) is 2.68. The number of carbonyl (C=O) groups excluding carboxylic acids is 1. The van der Waals surface area contributed by atoms with E-state index in [0.717, 1.165) is 11.3 Å². The lowest BCUT2D eigenvalue weighted by atomic mass is 10.1. The van der Waals surface area contributed by atoms with E-state index in [4.69, 9.17) is 0 Å². The summed E-state index contributed by atoms with van der Waals surface area (Å²) in [5.74, 6) is 0.314. The summed E-state index contributed by atoms with van der Waals surface area (Å²) in [7, 11) is 0. The van der Waals surface area contributed by atoms with Crippen molar-refractivity contribution in [2.75, 3.05) is 16.8 Å².